The largest absolute Gasteiger partial charge is 0.294 e. The van der Waals surface area contributed by atoms with E-state index in [-0.39, 0.29) is 15.6 Å². The second kappa shape index (κ2) is 9.03. The highest BCUT2D eigenvalue weighted by molar-refractivity contribution is 7.91. The van der Waals surface area contributed by atoms with E-state index in [2.05, 4.69) is 9.97 Å². The van der Waals surface area contributed by atoms with Crippen molar-refractivity contribution >= 4 is 21.4 Å². The summed E-state index contributed by atoms with van der Waals surface area (Å²) >= 11 is 0. The Balaban J connectivity index is 1.27. The van der Waals surface area contributed by atoms with Crippen LogP contribution in [-0.2, 0) is 16.3 Å². The lowest BCUT2D eigenvalue weighted by atomic mass is 10.0. The monoisotopic (exact) mass is 467 g/mol. The van der Waals surface area contributed by atoms with Gasteiger partial charge in [0.05, 0.1) is 15.4 Å². The molecule has 0 amide bonds. The van der Waals surface area contributed by atoms with Gasteiger partial charge in [0.25, 0.3) is 0 Å². The first-order valence-electron chi connectivity index (χ1n) is 10.8. The maximum absolute atomic E-state index is 13.1. The number of nitrogens with zero attached hydrogens (tertiary/aromatic N) is 3. The van der Waals surface area contributed by atoms with Crippen LogP contribution in [0.2, 0.25) is 0 Å². The van der Waals surface area contributed by atoms with Gasteiger partial charge in [-0.1, -0.05) is 54.6 Å². The Kier molecular flexibility index (Phi) is 5.77. The summed E-state index contributed by atoms with van der Waals surface area (Å²) in [6.07, 6.45) is 7.43. The number of imidazole rings is 1. The number of ketones is 1. The van der Waals surface area contributed by atoms with Crippen LogP contribution >= 0.6 is 0 Å². The number of Topliss-reactive ketones (excluding diaryl/α,β-unsaturated/α-hetero) is 1. The molecule has 0 aliphatic rings. The fourth-order valence-electron chi connectivity index (χ4n) is 3.79. The van der Waals surface area contributed by atoms with Crippen molar-refractivity contribution in [3.05, 3.63) is 115 Å². The van der Waals surface area contributed by atoms with Crippen LogP contribution in [0.5, 0.6) is 0 Å². The lowest BCUT2D eigenvalue weighted by Crippen LogP contribution is -2.05. The Bertz CT molecular complexity index is 1560. The Labute approximate surface area is 197 Å². The van der Waals surface area contributed by atoms with E-state index in [0.717, 1.165) is 16.7 Å². The molecule has 0 unspecified atom stereocenters. The molecule has 5 rings (SSSR count). The summed E-state index contributed by atoms with van der Waals surface area (Å²) < 4.78 is 27.8. The molecule has 6 nitrogen and oxygen atoms in total. The number of hydrogen-bond acceptors (Lipinski definition) is 5. The van der Waals surface area contributed by atoms with Crippen molar-refractivity contribution in [3.8, 4) is 11.1 Å². The van der Waals surface area contributed by atoms with Gasteiger partial charge < -0.3 is 0 Å². The molecule has 168 valence electrons. The Morgan fingerprint density at radius 3 is 2.15 bits per heavy atom. The molecule has 0 radical (unpaired) electrons. The number of fused-ring (bicyclic) bond motifs is 1. The molecule has 3 aromatic carbocycles. The molecule has 0 aliphatic heterocycles. The molecule has 2 aromatic heterocycles. The Morgan fingerprint density at radius 1 is 0.794 bits per heavy atom. The van der Waals surface area contributed by atoms with Crippen LogP contribution in [0.1, 0.15) is 22.3 Å². The topological polar surface area (TPSA) is 81.4 Å². The molecule has 5 aromatic rings. The molecule has 0 aliphatic carbocycles. The van der Waals surface area contributed by atoms with Crippen molar-refractivity contribution in [1.29, 1.82) is 0 Å². The minimum atomic E-state index is -3.63. The Morgan fingerprint density at radius 2 is 1.44 bits per heavy atom. The van der Waals surface area contributed by atoms with E-state index in [1.165, 1.54) is 6.20 Å². The number of aromatic nitrogens is 3. The maximum Gasteiger partial charge on any atom is 0.233 e. The summed E-state index contributed by atoms with van der Waals surface area (Å²) in [6, 6.07) is 23.4. The molecule has 0 bridgehead atoms. The smallest absolute Gasteiger partial charge is 0.233 e. The zero-order chi connectivity index (χ0) is 23.5. The van der Waals surface area contributed by atoms with E-state index < -0.39 is 9.84 Å². The second-order valence-electron chi connectivity index (χ2n) is 7.94. The average Bonchev–Trinajstić information content (AvgIpc) is 3.36. The van der Waals surface area contributed by atoms with Crippen molar-refractivity contribution < 1.29 is 13.2 Å². The second-order valence-corrected chi connectivity index (χ2v) is 9.89. The number of aryl methyl sites for hydroxylation is 1. The van der Waals surface area contributed by atoms with E-state index in [9.17, 15) is 13.2 Å². The normalized spacial score (nSPS) is 11.5. The molecule has 0 saturated carbocycles. The van der Waals surface area contributed by atoms with E-state index in [4.69, 9.17) is 0 Å². The first-order chi connectivity index (χ1) is 16.5. The third-order valence-electron chi connectivity index (χ3n) is 5.71. The summed E-state index contributed by atoms with van der Waals surface area (Å²) in [4.78, 5) is 21.3. The fourth-order valence-corrected chi connectivity index (χ4v) is 5.05. The molecule has 0 saturated heterocycles. The molecule has 34 heavy (non-hydrogen) atoms. The summed E-state index contributed by atoms with van der Waals surface area (Å²) in [5.41, 5.74) is 3.40. The average molecular weight is 468 g/mol. The highest BCUT2D eigenvalue weighted by Crippen LogP contribution is 2.25. The van der Waals surface area contributed by atoms with Crippen LogP contribution in [0.3, 0.4) is 0 Å². The highest BCUT2D eigenvalue weighted by atomic mass is 32.2. The van der Waals surface area contributed by atoms with Crippen molar-refractivity contribution in [3.63, 3.8) is 0 Å². The SMILES string of the molecule is O=C(CCc1ccc(S(=O)(=O)c2ccc(-c3ccccc3)cc2)cc1)c1cnc2nccn2c1. The van der Waals surface area contributed by atoms with E-state index in [1.807, 2.05) is 42.5 Å². The number of sulfone groups is 1. The summed E-state index contributed by atoms with van der Waals surface area (Å²) in [6.45, 7) is 0. The predicted octanol–water partition coefficient (Wildman–Crippen LogP) is 5.04. The first-order valence-corrected chi connectivity index (χ1v) is 12.3. The van der Waals surface area contributed by atoms with Gasteiger partial charge in [-0.15, -0.1) is 0 Å². The van der Waals surface area contributed by atoms with Crippen LogP contribution in [0.25, 0.3) is 16.9 Å². The van der Waals surface area contributed by atoms with Crippen LogP contribution in [0, 0.1) is 0 Å². The molecule has 2 heterocycles. The maximum atomic E-state index is 13.1. The van der Waals surface area contributed by atoms with Crippen molar-refractivity contribution in [2.75, 3.05) is 0 Å². The fraction of sp³-hybridized carbons (Fsp3) is 0.0741. The van der Waals surface area contributed by atoms with Gasteiger partial charge in [0.15, 0.2) is 5.78 Å². The third-order valence-corrected chi connectivity index (χ3v) is 7.50. The highest BCUT2D eigenvalue weighted by Gasteiger charge is 2.18. The van der Waals surface area contributed by atoms with E-state index in [1.54, 1.807) is 59.4 Å². The van der Waals surface area contributed by atoms with Gasteiger partial charge >= 0.3 is 0 Å². The zero-order valence-electron chi connectivity index (χ0n) is 18.2. The van der Waals surface area contributed by atoms with Gasteiger partial charge in [-0.05, 0) is 47.4 Å². The number of carbonyl (C=O) groups is 1. The van der Waals surface area contributed by atoms with Gasteiger partial charge in [0.1, 0.15) is 0 Å². The standard InChI is InChI=1S/C27H21N3O3S/c31-26(23-18-29-27-28-16-17-30(27)19-23)15-8-20-6-11-24(12-7-20)34(32,33)25-13-9-22(10-14-25)21-4-2-1-3-5-21/h1-7,9-14,16-19H,8,15H2. The minimum absolute atomic E-state index is 0.0293. The lowest BCUT2D eigenvalue weighted by molar-refractivity contribution is 0.0982. The third kappa shape index (κ3) is 4.38. The molecular formula is C27H21N3O3S. The van der Waals surface area contributed by atoms with Gasteiger partial charge in [-0.2, -0.15) is 0 Å². The summed E-state index contributed by atoms with van der Waals surface area (Å²) in [5, 5.41) is 0. The van der Waals surface area contributed by atoms with E-state index in [0.29, 0.717) is 24.2 Å². The van der Waals surface area contributed by atoms with Crippen LogP contribution < -0.4 is 0 Å². The van der Waals surface area contributed by atoms with Crippen LogP contribution in [-0.4, -0.2) is 28.6 Å². The molecule has 0 N–H and O–H groups in total. The number of benzene rings is 3. The van der Waals surface area contributed by atoms with Crippen LogP contribution in [0.4, 0.5) is 0 Å². The van der Waals surface area contributed by atoms with E-state index >= 15 is 0 Å². The number of carbonyl (C=O) groups excluding carboxylic acids is 1. The minimum Gasteiger partial charge on any atom is -0.294 e. The Hall–Kier alpha value is -4.10. The lowest BCUT2D eigenvalue weighted by Gasteiger charge is -2.08. The summed E-state index contributed by atoms with van der Waals surface area (Å²) in [5.74, 6) is 0.515. The quantitative estimate of drug-likeness (QED) is 0.313. The van der Waals surface area contributed by atoms with Crippen molar-refractivity contribution in [2.24, 2.45) is 0 Å². The molecular weight excluding hydrogens is 446 g/mol. The van der Waals surface area contributed by atoms with Crippen molar-refractivity contribution in [1.82, 2.24) is 14.4 Å². The van der Waals surface area contributed by atoms with Gasteiger partial charge in [-0.3, -0.25) is 9.20 Å². The van der Waals surface area contributed by atoms with Crippen molar-refractivity contribution in [2.45, 2.75) is 22.6 Å². The number of hydrogen-bond donors (Lipinski definition) is 0. The van der Waals surface area contributed by atoms with Gasteiger partial charge in [0, 0.05) is 31.2 Å². The zero-order valence-corrected chi connectivity index (χ0v) is 19.0. The number of rotatable bonds is 7. The first kappa shape index (κ1) is 21.7. The predicted molar refractivity (Wildman–Crippen MR) is 129 cm³/mol. The van der Waals surface area contributed by atoms with Crippen LogP contribution in [0.15, 0.2) is 113 Å². The van der Waals surface area contributed by atoms with Gasteiger partial charge in [0.2, 0.25) is 15.6 Å². The summed E-state index contributed by atoms with van der Waals surface area (Å²) in [7, 11) is -3.63. The molecule has 0 atom stereocenters. The molecule has 0 spiro atoms. The molecule has 7 heteroatoms. The molecule has 0 fully saturated rings. The van der Waals surface area contributed by atoms with Gasteiger partial charge in [-0.25, -0.2) is 18.4 Å².